The van der Waals surface area contributed by atoms with E-state index in [9.17, 15) is 56.9 Å². The summed E-state index contributed by atoms with van der Waals surface area (Å²) >= 11 is 0. The van der Waals surface area contributed by atoms with Gasteiger partial charge >= 0.3 is 0 Å². The number of hydrogen-bond donors (Lipinski definition) is 0. The van der Waals surface area contributed by atoms with Crippen LogP contribution in [0.2, 0.25) is 0 Å². The van der Waals surface area contributed by atoms with Crippen molar-refractivity contribution in [1.29, 1.82) is 0 Å². The van der Waals surface area contributed by atoms with Gasteiger partial charge in [-0.3, -0.25) is 4.21 Å². The van der Waals surface area contributed by atoms with Crippen molar-refractivity contribution < 1.29 is 96.6 Å². The lowest BCUT2D eigenvalue weighted by molar-refractivity contribution is -0.688. The quantitative estimate of drug-likeness (QED) is 0.0532. The Morgan fingerprint density at radius 1 is 0.377 bits per heavy atom. The summed E-state index contributed by atoms with van der Waals surface area (Å²) in [5, 5.41) is 0. The van der Waals surface area contributed by atoms with Crippen LogP contribution in [0.15, 0.2) is 59.8 Å². The molecule has 0 amide bonds. The van der Waals surface area contributed by atoms with Gasteiger partial charge in [-0.2, -0.15) is 0 Å². The fraction of sp³-hybridized carbons (Fsp3) is 0.0541. The smallest absolute Gasteiger partial charge is 0.200 e. The van der Waals surface area contributed by atoms with Gasteiger partial charge in [0.05, 0.1) is 10.8 Å². The molecule has 0 saturated heterocycles. The molecule has 6 aromatic rings. The molecule has 0 fully saturated rings. The van der Waals surface area contributed by atoms with Crippen molar-refractivity contribution in [2.24, 2.45) is 0 Å². The van der Waals surface area contributed by atoms with E-state index in [1.165, 1.54) is 0 Å². The van der Waals surface area contributed by atoms with Gasteiger partial charge in [-0.15, -0.1) is 21.9 Å². The second-order valence-electron chi connectivity index (χ2n) is 12.4. The summed E-state index contributed by atoms with van der Waals surface area (Å²) in [5.41, 5.74) is -13.2. The van der Waals surface area contributed by atoms with Crippen LogP contribution in [0.3, 0.4) is 0 Å². The van der Waals surface area contributed by atoms with Gasteiger partial charge in [0, 0.05) is 28.8 Å². The predicted octanol–water partition coefficient (Wildman–Crippen LogP) is 7.61. The SMILES string of the molecule is CS(=O)c1ccccc1C[n+]1ccccc1.Fc1c(F)c(F)c([B-](c2c(F)c(F)c(F)c(F)c2F)(c2c(F)c(F)c(F)c(F)c2F)c2c(F)c(F)c(F)c(F)c2F)c(F)c1F. The second-order valence-corrected chi connectivity index (χ2v) is 13.8. The number of hydrogen-bond acceptors (Lipinski definition) is 1. The van der Waals surface area contributed by atoms with Crippen LogP contribution in [0.25, 0.3) is 0 Å². The Balaban J connectivity index is 0.000000366. The summed E-state index contributed by atoms with van der Waals surface area (Å²) in [4.78, 5) is 0.916. The normalized spacial score (nSPS) is 12.1. The fourth-order valence-electron chi connectivity index (χ4n) is 6.53. The summed E-state index contributed by atoms with van der Waals surface area (Å²) in [6, 6.07) is 13.8. The molecule has 0 aliphatic heterocycles. The van der Waals surface area contributed by atoms with Gasteiger partial charge in [-0.25, -0.2) is 92.4 Å². The highest BCUT2D eigenvalue weighted by atomic mass is 32.2. The topological polar surface area (TPSA) is 20.9 Å². The predicted molar refractivity (Wildman–Crippen MR) is 174 cm³/mol. The summed E-state index contributed by atoms with van der Waals surface area (Å²) in [6.45, 7) is 0.761. The van der Waals surface area contributed by atoms with E-state index >= 15 is 35.1 Å². The van der Waals surface area contributed by atoms with E-state index in [0.717, 1.165) is 17.0 Å². The Morgan fingerprint density at radius 3 is 0.885 bits per heavy atom. The van der Waals surface area contributed by atoms with E-state index in [1.54, 1.807) is 6.26 Å². The van der Waals surface area contributed by atoms with Gasteiger partial charge < -0.3 is 0 Å². The summed E-state index contributed by atoms with van der Waals surface area (Å²) < 4.78 is 308. The highest BCUT2D eigenvalue weighted by Gasteiger charge is 2.52. The number of pyridine rings is 1. The molecule has 2 nitrogen and oxygen atoms in total. The van der Waals surface area contributed by atoms with Crippen molar-refractivity contribution in [2.75, 3.05) is 6.26 Å². The molecule has 0 bridgehead atoms. The van der Waals surface area contributed by atoms with E-state index in [4.69, 9.17) is 0 Å². The second kappa shape index (κ2) is 17.2. The Labute approximate surface area is 329 Å². The average Bonchev–Trinajstić information content (AvgIpc) is 3.24. The Bertz CT molecular complexity index is 2390. The number of benzene rings is 5. The molecule has 6 rings (SSSR count). The molecule has 24 heteroatoms. The summed E-state index contributed by atoms with van der Waals surface area (Å²) in [6.07, 6.45) is -1.48. The molecule has 1 aromatic heterocycles. The highest BCUT2D eigenvalue weighted by Crippen LogP contribution is 2.30. The lowest BCUT2D eigenvalue weighted by Gasteiger charge is -2.44. The monoisotopic (exact) mass is 911 g/mol. The minimum Gasteiger partial charge on any atom is -0.255 e. The third kappa shape index (κ3) is 7.36. The molecule has 322 valence electrons. The first kappa shape index (κ1) is 46.1. The lowest BCUT2D eigenvalue weighted by Crippen LogP contribution is -2.81. The van der Waals surface area contributed by atoms with Crippen LogP contribution in [0.4, 0.5) is 87.8 Å². The molecule has 0 spiro atoms. The molecule has 0 N–H and O–H groups in total. The minimum atomic E-state index is -7.22. The van der Waals surface area contributed by atoms with E-state index in [2.05, 4.69) is 4.57 Å². The third-order valence-electron chi connectivity index (χ3n) is 9.12. The molecule has 1 atom stereocenters. The minimum absolute atomic E-state index is 0.761. The summed E-state index contributed by atoms with van der Waals surface area (Å²) in [7, 11) is -0.927. The largest absolute Gasteiger partial charge is 0.255 e. The van der Waals surface area contributed by atoms with E-state index < -0.39 is 155 Å². The number of rotatable bonds is 7. The van der Waals surface area contributed by atoms with Crippen LogP contribution in [0, 0.1) is 116 Å². The van der Waals surface area contributed by atoms with Crippen molar-refractivity contribution in [1.82, 2.24) is 0 Å². The van der Waals surface area contributed by atoms with E-state index in [-0.39, 0.29) is 0 Å². The third-order valence-corrected chi connectivity index (χ3v) is 10.1. The average molecular weight is 911 g/mol. The van der Waals surface area contributed by atoms with Gasteiger partial charge in [-0.1, -0.05) is 24.3 Å². The lowest BCUT2D eigenvalue weighted by atomic mass is 9.12. The Kier molecular flexibility index (Phi) is 13.0. The van der Waals surface area contributed by atoms with Crippen molar-refractivity contribution in [3.63, 3.8) is 0 Å². The number of aromatic nitrogens is 1. The van der Waals surface area contributed by atoms with Crippen molar-refractivity contribution in [3.05, 3.63) is 177 Å². The van der Waals surface area contributed by atoms with Crippen LogP contribution in [0.1, 0.15) is 5.56 Å². The Hall–Kier alpha value is -5.94. The molecule has 0 aliphatic rings. The molecule has 0 saturated carbocycles. The first-order valence-electron chi connectivity index (χ1n) is 16.1. The maximum atomic E-state index is 15.4. The molecule has 5 aromatic carbocycles. The zero-order valence-electron chi connectivity index (χ0n) is 29.3. The molecule has 61 heavy (non-hydrogen) atoms. The van der Waals surface area contributed by atoms with Crippen LogP contribution < -0.4 is 26.4 Å². The fourth-order valence-corrected chi connectivity index (χ4v) is 7.30. The highest BCUT2D eigenvalue weighted by molar-refractivity contribution is 7.84. The zero-order chi connectivity index (χ0) is 45.7. The Morgan fingerprint density at radius 2 is 0.623 bits per heavy atom. The van der Waals surface area contributed by atoms with Crippen molar-refractivity contribution >= 4 is 38.8 Å². The van der Waals surface area contributed by atoms with Gasteiger partial charge in [0.2, 0.25) is 0 Å². The first-order valence-corrected chi connectivity index (χ1v) is 17.6. The van der Waals surface area contributed by atoms with E-state index in [0.29, 0.717) is 0 Å². The molecular formula is C37H14BF20NOS. The van der Waals surface area contributed by atoms with Crippen LogP contribution in [0.5, 0.6) is 0 Å². The standard InChI is InChI=1S/C24BF20.C13H14NOS/c26-5-1(6(27)14(35)21(42)13(5)34)25(2-7(28)15(36)22(43)16(37)8(2)29,3-9(30)17(38)23(44)18(39)10(3)31)4-11(32)19(40)24(45)20(41)12(4)33;1-16(15)13-8-4-3-7-12(13)11-14-9-5-2-6-10-14/h;2-10H,11H2,1H3/q-1;+1. The van der Waals surface area contributed by atoms with Crippen LogP contribution in [-0.2, 0) is 17.3 Å². The molecule has 1 unspecified atom stereocenters. The number of halogens is 20. The molecule has 0 aliphatic carbocycles. The molecule has 1 heterocycles. The van der Waals surface area contributed by atoms with E-state index in [1.807, 2.05) is 54.9 Å². The maximum absolute atomic E-state index is 15.4. The van der Waals surface area contributed by atoms with Gasteiger partial charge in [0.1, 0.15) is 52.7 Å². The molecule has 0 radical (unpaired) electrons. The maximum Gasteiger partial charge on any atom is 0.200 e. The van der Waals surface area contributed by atoms with Crippen molar-refractivity contribution in [3.8, 4) is 0 Å². The van der Waals surface area contributed by atoms with Crippen LogP contribution in [-0.4, -0.2) is 16.6 Å². The van der Waals surface area contributed by atoms with Gasteiger partial charge in [-0.05, 0) is 6.07 Å². The van der Waals surface area contributed by atoms with Gasteiger partial charge in [0.25, 0.3) is 0 Å². The summed E-state index contributed by atoms with van der Waals surface area (Å²) in [5.74, 6) is -71.4. The first-order chi connectivity index (χ1) is 28.5. The van der Waals surface area contributed by atoms with Crippen molar-refractivity contribution in [2.45, 2.75) is 11.4 Å². The van der Waals surface area contributed by atoms with Gasteiger partial charge in [0.15, 0.2) is 88.7 Å². The zero-order valence-corrected chi connectivity index (χ0v) is 30.1. The molecular weight excluding hydrogens is 897 g/mol. The van der Waals surface area contributed by atoms with Crippen LogP contribution >= 0.6 is 0 Å². The number of nitrogens with zero attached hydrogens (tertiary/aromatic N) is 1.